The van der Waals surface area contributed by atoms with Gasteiger partial charge in [0.25, 0.3) is 0 Å². The molecule has 0 aromatic carbocycles. The van der Waals surface area contributed by atoms with Gasteiger partial charge >= 0.3 is 0 Å². The zero-order valence-corrected chi connectivity index (χ0v) is 22.4. The Morgan fingerprint density at radius 3 is 2.81 bits per heavy atom. The molecule has 11 heteroatoms. The molecule has 10 nitrogen and oxygen atoms in total. The SMILES string of the molecule is CN(c1nnc(NC(=O)CC2CN(C3CCC(C)(C)CC3)CCO2)s1)[C@@H]1CCN(c2cccnn2)C1. The third-order valence-electron chi connectivity index (χ3n) is 7.96. The monoisotopic (exact) mass is 514 g/mol. The molecule has 0 spiro atoms. The van der Waals surface area contributed by atoms with E-state index in [1.54, 1.807) is 6.20 Å². The van der Waals surface area contributed by atoms with Crippen LogP contribution in [0, 0.1) is 5.41 Å². The van der Waals surface area contributed by atoms with Crippen LogP contribution < -0.4 is 15.1 Å². The highest BCUT2D eigenvalue weighted by atomic mass is 32.1. The summed E-state index contributed by atoms with van der Waals surface area (Å²) >= 11 is 1.41. The van der Waals surface area contributed by atoms with Crippen LogP contribution in [0.15, 0.2) is 18.3 Å². The number of nitrogens with zero attached hydrogens (tertiary/aromatic N) is 7. The number of aromatic nitrogens is 4. The predicted molar refractivity (Wildman–Crippen MR) is 142 cm³/mol. The molecule has 2 atom stereocenters. The number of nitrogens with one attached hydrogen (secondary N) is 1. The first kappa shape index (κ1) is 25.3. The van der Waals surface area contributed by atoms with Gasteiger partial charge in [-0.25, -0.2) is 0 Å². The Morgan fingerprint density at radius 2 is 2.03 bits per heavy atom. The van der Waals surface area contributed by atoms with Crippen molar-refractivity contribution < 1.29 is 9.53 Å². The number of morpholine rings is 1. The van der Waals surface area contributed by atoms with Crippen molar-refractivity contribution in [2.45, 2.75) is 70.6 Å². The van der Waals surface area contributed by atoms with Gasteiger partial charge in [0.15, 0.2) is 5.82 Å². The lowest BCUT2D eigenvalue weighted by Gasteiger charge is -2.43. The summed E-state index contributed by atoms with van der Waals surface area (Å²) in [5, 5.41) is 21.1. The van der Waals surface area contributed by atoms with Gasteiger partial charge in [-0.15, -0.1) is 15.3 Å². The number of carbonyl (C=O) groups excluding carboxylic acids is 1. The lowest BCUT2D eigenvalue weighted by molar-refractivity contribution is -0.122. The van der Waals surface area contributed by atoms with Crippen LogP contribution in [0.4, 0.5) is 16.1 Å². The van der Waals surface area contributed by atoms with Crippen LogP contribution in [0.3, 0.4) is 0 Å². The summed E-state index contributed by atoms with van der Waals surface area (Å²) in [6, 6.07) is 4.81. The molecule has 196 valence electrons. The zero-order valence-electron chi connectivity index (χ0n) is 21.6. The molecule has 1 saturated carbocycles. The van der Waals surface area contributed by atoms with Gasteiger partial charge in [-0.05, 0) is 49.7 Å². The predicted octanol–water partition coefficient (Wildman–Crippen LogP) is 3.04. The molecule has 2 saturated heterocycles. The van der Waals surface area contributed by atoms with Crippen LogP contribution in [0.1, 0.15) is 52.4 Å². The van der Waals surface area contributed by atoms with Crippen molar-refractivity contribution in [3.63, 3.8) is 0 Å². The van der Waals surface area contributed by atoms with Gasteiger partial charge < -0.3 is 19.9 Å². The van der Waals surface area contributed by atoms with E-state index in [0.29, 0.717) is 35.7 Å². The molecule has 3 aliphatic rings. The molecule has 1 N–H and O–H groups in total. The first-order chi connectivity index (χ1) is 17.4. The molecule has 0 bridgehead atoms. The van der Waals surface area contributed by atoms with Gasteiger partial charge in [-0.3, -0.25) is 9.69 Å². The summed E-state index contributed by atoms with van der Waals surface area (Å²) in [6.45, 7) is 9.00. The number of rotatable bonds is 7. The van der Waals surface area contributed by atoms with Crippen molar-refractivity contribution in [1.82, 2.24) is 25.3 Å². The summed E-state index contributed by atoms with van der Waals surface area (Å²) in [5.74, 6) is 0.834. The number of hydrogen-bond acceptors (Lipinski definition) is 10. The van der Waals surface area contributed by atoms with Gasteiger partial charge in [0.2, 0.25) is 16.2 Å². The third-order valence-corrected chi connectivity index (χ3v) is 8.89. The van der Waals surface area contributed by atoms with Crippen LogP contribution in [0.25, 0.3) is 0 Å². The average Bonchev–Trinajstić information content (AvgIpc) is 3.55. The van der Waals surface area contributed by atoms with Crippen LogP contribution in [-0.4, -0.2) is 89.2 Å². The topological polar surface area (TPSA) is 99.6 Å². The maximum atomic E-state index is 12.8. The van der Waals surface area contributed by atoms with E-state index in [0.717, 1.165) is 43.5 Å². The molecule has 1 amide bonds. The Balaban J connectivity index is 1.09. The standard InChI is InChI=1S/C25H38N8O2S/c1-25(2)9-6-18(7-10-25)32-13-14-35-20(17-32)15-22(34)27-23-29-30-24(36-23)31(3)19-8-12-33(16-19)21-5-4-11-26-28-21/h4-5,11,18-20H,6-10,12-17H2,1-3H3,(H,27,29,34)/t19-,20?/m1/s1. The summed E-state index contributed by atoms with van der Waals surface area (Å²) in [5.41, 5.74) is 0.463. The van der Waals surface area contributed by atoms with Crippen LogP contribution in [0.2, 0.25) is 0 Å². The molecule has 36 heavy (non-hydrogen) atoms. The Hall–Kier alpha value is -2.37. The minimum Gasteiger partial charge on any atom is -0.375 e. The highest BCUT2D eigenvalue weighted by molar-refractivity contribution is 7.19. The van der Waals surface area contributed by atoms with Crippen molar-refractivity contribution in [3.05, 3.63) is 18.3 Å². The van der Waals surface area contributed by atoms with Crippen molar-refractivity contribution in [2.75, 3.05) is 55.0 Å². The average molecular weight is 515 g/mol. The highest BCUT2D eigenvalue weighted by Gasteiger charge is 2.33. The maximum absolute atomic E-state index is 12.8. The van der Waals surface area contributed by atoms with E-state index in [9.17, 15) is 4.79 Å². The van der Waals surface area contributed by atoms with E-state index >= 15 is 0 Å². The molecule has 2 aliphatic heterocycles. The number of likely N-dealkylation sites (N-methyl/N-ethyl adjacent to an activating group) is 1. The maximum Gasteiger partial charge on any atom is 0.228 e. The Bertz CT molecular complexity index is 1010. The fourth-order valence-corrected chi connectivity index (χ4v) is 6.41. The van der Waals surface area contributed by atoms with E-state index in [4.69, 9.17) is 4.74 Å². The second-order valence-electron chi connectivity index (χ2n) is 11.1. The molecule has 0 radical (unpaired) electrons. The fraction of sp³-hybridized carbons (Fsp3) is 0.720. The molecule has 1 unspecified atom stereocenters. The van der Waals surface area contributed by atoms with Crippen LogP contribution in [0.5, 0.6) is 0 Å². The van der Waals surface area contributed by atoms with Crippen molar-refractivity contribution in [3.8, 4) is 0 Å². The fourth-order valence-electron chi connectivity index (χ4n) is 5.62. The van der Waals surface area contributed by atoms with Gasteiger partial charge in [0.1, 0.15) is 0 Å². The minimum absolute atomic E-state index is 0.0633. The number of hydrogen-bond donors (Lipinski definition) is 1. The van der Waals surface area contributed by atoms with Crippen molar-refractivity contribution >= 4 is 33.3 Å². The summed E-state index contributed by atoms with van der Waals surface area (Å²) in [6.07, 6.45) is 7.98. The summed E-state index contributed by atoms with van der Waals surface area (Å²) in [4.78, 5) is 19.7. The number of amides is 1. The number of carbonyl (C=O) groups is 1. The number of anilines is 3. The molecule has 3 fully saturated rings. The molecular weight excluding hydrogens is 476 g/mol. The minimum atomic E-state index is -0.0747. The Labute approximate surface area is 217 Å². The van der Waals surface area contributed by atoms with E-state index in [1.807, 2.05) is 19.2 Å². The van der Waals surface area contributed by atoms with Crippen LogP contribution in [-0.2, 0) is 9.53 Å². The quantitative estimate of drug-likeness (QED) is 0.598. The van der Waals surface area contributed by atoms with E-state index in [-0.39, 0.29) is 12.0 Å². The number of ether oxygens (including phenoxy) is 1. The molecule has 1 aliphatic carbocycles. The smallest absolute Gasteiger partial charge is 0.228 e. The highest BCUT2D eigenvalue weighted by Crippen LogP contribution is 2.37. The Morgan fingerprint density at radius 1 is 1.19 bits per heavy atom. The molecular formula is C25H38N8O2S. The third kappa shape index (κ3) is 6.12. The normalized spacial score (nSPS) is 25.1. The first-order valence-electron chi connectivity index (χ1n) is 13.1. The van der Waals surface area contributed by atoms with Gasteiger partial charge in [-0.1, -0.05) is 25.2 Å². The lowest BCUT2D eigenvalue weighted by atomic mass is 9.75. The lowest BCUT2D eigenvalue weighted by Crippen LogP contribution is -2.50. The van der Waals surface area contributed by atoms with E-state index in [2.05, 4.69) is 54.3 Å². The molecule has 4 heterocycles. The largest absolute Gasteiger partial charge is 0.375 e. The van der Waals surface area contributed by atoms with Gasteiger partial charge in [-0.2, -0.15) is 5.10 Å². The van der Waals surface area contributed by atoms with Crippen molar-refractivity contribution in [1.29, 1.82) is 0 Å². The second kappa shape index (κ2) is 10.9. The van der Waals surface area contributed by atoms with Crippen molar-refractivity contribution in [2.24, 2.45) is 5.41 Å². The molecule has 2 aromatic heterocycles. The molecule has 2 aromatic rings. The van der Waals surface area contributed by atoms with E-state index in [1.165, 1.54) is 37.0 Å². The van der Waals surface area contributed by atoms with Crippen LogP contribution >= 0.6 is 11.3 Å². The summed E-state index contributed by atoms with van der Waals surface area (Å²) in [7, 11) is 2.04. The molecule has 5 rings (SSSR count). The first-order valence-corrected chi connectivity index (χ1v) is 13.9. The second-order valence-corrected chi connectivity index (χ2v) is 12.1. The van der Waals surface area contributed by atoms with Gasteiger partial charge in [0, 0.05) is 45.5 Å². The Kier molecular flexibility index (Phi) is 7.68. The summed E-state index contributed by atoms with van der Waals surface area (Å²) < 4.78 is 5.95. The van der Waals surface area contributed by atoms with Gasteiger partial charge in [0.05, 0.1) is 25.2 Å². The zero-order chi connectivity index (χ0) is 25.1. The van der Waals surface area contributed by atoms with E-state index < -0.39 is 0 Å².